The number of benzene rings is 2. The summed E-state index contributed by atoms with van der Waals surface area (Å²) < 4.78 is 11.1. The van der Waals surface area contributed by atoms with Gasteiger partial charge in [-0.15, -0.1) is 0 Å². The SMILES string of the molecule is C=C(C1CC1)[C@@H](CC(CNC(=O)c1ccccc1OCCCCOC)C(C)C)[C@@H](O)CNC(=O)C(C)(C)N1CCC2(CC1)CNc1ccccc12. The van der Waals surface area contributed by atoms with E-state index in [1.807, 2.05) is 32.0 Å². The number of nitrogens with one attached hydrogen (secondary N) is 3. The third kappa shape index (κ3) is 9.53. The Bertz CT molecular complexity index is 1480. The van der Waals surface area contributed by atoms with Crippen molar-refractivity contribution in [2.75, 3.05) is 58.4 Å². The highest BCUT2D eigenvalue weighted by Crippen LogP contribution is 2.45. The summed E-state index contributed by atoms with van der Waals surface area (Å²) in [6.07, 6.45) is 5.82. The minimum absolute atomic E-state index is 0.0644. The number of rotatable bonds is 19. The van der Waals surface area contributed by atoms with Gasteiger partial charge in [-0.05, 0) is 100 Å². The number of methoxy groups -OCH3 is 1. The van der Waals surface area contributed by atoms with Crippen molar-refractivity contribution in [3.8, 4) is 5.75 Å². The lowest BCUT2D eigenvalue weighted by molar-refractivity contribution is -0.133. The zero-order chi connectivity index (χ0) is 36.6. The van der Waals surface area contributed by atoms with Crippen molar-refractivity contribution < 1.29 is 24.2 Å². The van der Waals surface area contributed by atoms with Gasteiger partial charge in [0.2, 0.25) is 5.91 Å². The molecule has 2 fully saturated rings. The Hall–Kier alpha value is -3.40. The lowest BCUT2D eigenvalue weighted by atomic mass is 9.73. The Morgan fingerprint density at radius 1 is 1.02 bits per heavy atom. The number of anilines is 1. The van der Waals surface area contributed by atoms with Crippen molar-refractivity contribution in [1.29, 1.82) is 0 Å². The van der Waals surface area contributed by atoms with Crippen LogP contribution in [0, 0.1) is 23.7 Å². The van der Waals surface area contributed by atoms with E-state index in [1.54, 1.807) is 13.2 Å². The fourth-order valence-electron chi connectivity index (χ4n) is 7.96. The number of ether oxygens (including phenoxy) is 2. The van der Waals surface area contributed by atoms with Crippen LogP contribution in [0.3, 0.4) is 0 Å². The number of carbonyl (C=O) groups is 2. The van der Waals surface area contributed by atoms with Crippen LogP contribution in [0.15, 0.2) is 60.7 Å². The van der Waals surface area contributed by atoms with Gasteiger partial charge < -0.3 is 30.5 Å². The van der Waals surface area contributed by atoms with Gasteiger partial charge in [0.15, 0.2) is 0 Å². The zero-order valence-electron chi connectivity index (χ0n) is 31.6. The third-order valence-corrected chi connectivity index (χ3v) is 11.9. The number of aliphatic hydroxyl groups is 1. The molecule has 0 radical (unpaired) electrons. The Morgan fingerprint density at radius 3 is 2.41 bits per heavy atom. The van der Waals surface area contributed by atoms with Crippen molar-refractivity contribution >= 4 is 17.5 Å². The average molecular weight is 703 g/mol. The topological polar surface area (TPSA) is 112 Å². The molecule has 2 aliphatic heterocycles. The number of nitrogens with zero attached hydrogens (tertiary/aromatic N) is 1. The predicted molar refractivity (Wildman–Crippen MR) is 204 cm³/mol. The lowest BCUT2D eigenvalue weighted by Gasteiger charge is -2.45. The number of piperidine rings is 1. The molecule has 1 unspecified atom stereocenters. The Morgan fingerprint density at radius 2 is 1.71 bits per heavy atom. The standard InChI is InChI=1S/C42H62N4O5/c1-29(2)32(26-43-39(48)33-13-7-10-16-38(33)51-24-12-11-23-50-6)25-34(30(3)31-17-18-31)37(47)27-44-40(49)41(4,5)46-21-19-42(20-22-46)28-45-36-15-9-8-14-35(36)42/h7-10,13-16,29,31-32,34,37,45,47H,3,11-12,17-28H2,1-2,4-6H3,(H,43,48)(H,44,49)/t32?,34-,37+/m1/s1. The monoisotopic (exact) mass is 702 g/mol. The molecule has 1 aliphatic carbocycles. The molecule has 280 valence electrons. The summed E-state index contributed by atoms with van der Waals surface area (Å²) in [7, 11) is 1.69. The number of fused-ring (bicyclic) bond motifs is 2. The molecule has 3 atom stereocenters. The summed E-state index contributed by atoms with van der Waals surface area (Å²) in [4.78, 5) is 29.4. The second-order valence-corrected chi connectivity index (χ2v) is 16.0. The fourth-order valence-corrected chi connectivity index (χ4v) is 7.96. The third-order valence-electron chi connectivity index (χ3n) is 11.9. The highest BCUT2D eigenvalue weighted by Gasteiger charge is 2.45. The van der Waals surface area contributed by atoms with Crippen molar-refractivity contribution in [3.63, 3.8) is 0 Å². The van der Waals surface area contributed by atoms with E-state index >= 15 is 0 Å². The number of hydrogen-bond donors (Lipinski definition) is 4. The molecule has 2 amide bonds. The summed E-state index contributed by atoms with van der Waals surface area (Å²) >= 11 is 0. The summed E-state index contributed by atoms with van der Waals surface area (Å²) in [6, 6.07) is 16.0. The van der Waals surface area contributed by atoms with Crippen molar-refractivity contribution in [3.05, 3.63) is 71.8 Å². The Balaban J connectivity index is 1.15. The molecule has 0 aromatic heterocycles. The summed E-state index contributed by atoms with van der Waals surface area (Å²) in [5.41, 5.74) is 3.64. The van der Waals surface area contributed by atoms with E-state index in [2.05, 4.69) is 65.5 Å². The highest BCUT2D eigenvalue weighted by atomic mass is 16.5. The number of carbonyl (C=O) groups excluding carboxylic acids is 2. The largest absolute Gasteiger partial charge is 0.493 e. The van der Waals surface area contributed by atoms with Gasteiger partial charge in [-0.2, -0.15) is 0 Å². The first-order valence-corrected chi connectivity index (χ1v) is 19.2. The lowest BCUT2D eigenvalue weighted by Crippen LogP contribution is -2.59. The maximum atomic E-state index is 13.7. The van der Waals surface area contributed by atoms with Crippen LogP contribution in [-0.4, -0.2) is 86.5 Å². The summed E-state index contributed by atoms with van der Waals surface area (Å²) in [6.45, 7) is 17.2. The molecule has 1 saturated carbocycles. The van der Waals surface area contributed by atoms with Crippen LogP contribution in [0.4, 0.5) is 5.69 Å². The highest BCUT2D eigenvalue weighted by molar-refractivity contribution is 5.96. The fraction of sp³-hybridized carbons (Fsp3) is 0.619. The maximum Gasteiger partial charge on any atom is 0.255 e. The van der Waals surface area contributed by atoms with Crippen LogP contribution < -0.4 is 20.7 Å². The van der Waals surface area contributed by atoms with Crippen LogP contribution in [0.2, 0.25) is 0 Å². The first-order valence-electron chi connectivity index (χ1n) is 19.2. The molecule has 1 spiro atoms. The van der Waals surface area contributed by atoms with E-state index in [1.165, 1.54) is 11.3 Å². The Kier molecular flexibility index (Phi) is 13.3. The van der Waals surface area contributed by atoms with Gasteiger partial charge in [0.1, 0.15) is 5.75 Å². The van der Waals surface area contributed by atoms with E-state index in [9.17, 15) is 14.7 Å². The van der Waals surface area contributed by atoms with Crippen molar-refractivity contribution in [2.45, 2.75) is 89.7 Å². The smallest absolute Gasteiger partial charge is 0.255 e. The minimum Gasteiger partial charge on any atom is -0.493 e. The molecule has 3 aliphatic rings. The molecule has 0 bridgehead atoms. The first-order chi connectivity index (χ1) is 24.5. The van der Waals surface area contributed by atoms with Crippen LogP contribution >= 0.6 is 0 Å². The molecule has 5 rings (SSSR count). The molecule has 2 heterocycles. The van der Waals surface area contributed by atoms with Crippen LogP contribution in [0.25, 0.3) is 0 Å². The van der Waals surface area contributed by atoms with E-state index in [0.29, 0.717) is 43.4 Å². The van der Waals surface area contributed by atoms with Crippen molar-refractivity contribution in [2.24, 2.45) is 23.7 Å². The number of hydrogen-bond acceptors (Lipinski definition) is 7. The number of likely N-dealkylation sites (tertiary alicyclic amines) is 1. The van der Waals surface area contributed by atoms with E-state index in [0.717, 1.165) is 63.7 Å². The minimum atomic E-state index is -0.771. The van der Waals surface area contributed by atoms with Crippen LogP contribution in [0.5, 0.6) is 5.75 Å². The van der Waals surface area contributed by atoms with Crippen LogP contribution in [0.1, 0.15) is 88.6 Å². The quantitative estimate of drug-likeness (QED) is 0.102. The van der Waals surface area contributed by atoms with Gasteiger partial charge in [-0.25, -0.2) is 0 Å². The predicted octanol–water partition coefficient (Wildman–Crippen LogP) is 6.18. The second-order valence-electron chi connectivity index (χ2n) is 16.0. The number of amides is 2. The van der Waals surface area contributed by atoms with Gasteiger partial charge in [-0.1, -0.05) is 56.3 Å². The molecule has 9 nitrogen and oxygen atoms in total. The van der Waals surface area contributed by atoms with Gasteiger partial charge >= 0.3 is 0 Å². The molecule has 9 heteroatoms. The average Bonchev–Trinajstić information content (AvgIpc) is 3.93. The normalized spacial score (nSPS) is 18.8. The number of para-hydroxylation sites is 2. The van der Waals surface area contributed by atoms with Gasteiger partial charge in [0.25, 0.3) is 5.91 Å². The van der Waals surface area contributed by atoms with Crippen LogP contribution in [-0.2, 0) is 14.9 Å². The second kappa shape index (κ2) is 17.4. The number of aliphatic hydroxyl groups excluding tert-OH is 1. The first kappa shape index (κ1) is 38.8. The van der Waals surface area contributed by atoms with E-state index in [-0.39, 0.29) is 41.5 Å². The molecular weight excluding hydrogens is 640 g/mol. The Labute approximate surface area is 305 Å². The molecule has 2 aromatic rings. The summed E-state index contributed by atoms with van der Waals surface area (Å²) in [5, 5.41) is 21.5. The number of unbranched alkanes of at least 4 members (excludes halogenated alkanes) is 1. The van der Waals surface area contributed by atoms with Crippen molar-refractivity contribution in [1.82, 2.24) is 15.5 Å². The molecular formula is C42H62N4O5. The maximum absolute atomic E-state index is 13.7. The zero-order valence-corrected chi connectivity index (χ0v) is 31.6. The summed E-state index contributed by atoms with van der Waals surface area (Å²) in [5.74, 6) is 0.933. The molecule has 51 heavy (non-hydrogen) atoms. The van der Waals surface area contributed by atoms with Gasteiger partial charge in [0.05, 0.1) is 23.8 Å². The van der Waals surface area contributed by atoms with Gasteiger partial charge in [-0.3, -0.25) is 14.5 Å². The molecule has 1 saturated heterocycles. The molecule has 4 N–H and O–H groups in total. The van der Waals surface area contributed by atoms with Gasteiger partial charge in [0, 0.05) is 63.5 Å². The molecule has 2 aromatic carbocycles. The van der Waals surface area contributed by atoms with E-state index in [4.69, 9.17) is 9.47 Å². The van der Waals surface area contributed by atoms with E-state index < -0.39 is 11.6 Å².